The van der Waals surface area contributed by atoms with Crippen molar-refractivity contribution < 1.29 is 9.47 Å². The number of rotatable bonds is 11. The highest BCUT2D eigenvalue weighted by molar-refractivity contribution is 7.10. The molecule has 1 atom stereocenters. The lowest BCUT2D eigenvalue weighted by molar-refractivity contribution is 0.271. The average Bonchev–Trinajstić information content (AvgIpc) is 3.12. The third kappa shape index (κ3) is 5.53. The summed E-state index contributed by atoms with van der Waals surface area (Å²) in [6.07, 6.45) is 4.40. The first kappa shape index (κ1) is 18.8. The quantitative estimate of drug-likeness (QED) is 0.582. The summed E-state index contributed by atoms with van der Waals surface area (Å²) in [4.78, 5) is 1.34. The predicted octanol–water partition coefficient (Wildman–Crippen LogP) is 5.00. The van der Waals surface area contributed by atoms with Gasteiger partial charge in [0.05, 0.1) is 13.2 Å². The van der Waals surface area contributed by atoms with Crippen LogP contribution in [0.15, 0.2) is 35.7 Å². The molecule has 2 rings (SSSR count). The Balaban J connectivity index is 2.06. The highest BCUT2D eigenvalue weighted by Gasteiger charge is 2.14. The van der Waals surface area contributed by atoms with Gasteiger partial charge in [0, 0.05) is 17.3 Å². The van der Waals surface area contributed by atoms with Gasteiger partial charge in [0.2, 0.25) is 0 Å². The van der Waals surface area contributed by atoms with E-state index in [1.807, 2.05) is 13.0 Å². The van der Waals surface area contributed by atoms with Crippen LogP contribution >= 0.6 is 11.3 Å². The molecule has 0 amide bonds. The number of thiophene rings is 1. The molecule has 1 aromatic carbocycles. The second kappa shape index (κ2) is 10.4. The van der Waals surface area contributed by atoms with Gasteiger partial charge in [0.15, 0.2) is 11.5 Å². The number of hydrogen-bond acceptors (Lipinski definition) is 4. The molecule has 0 fully saturated rings. The highest BCUT2D eigenvalue weighted by atomic mass is 32.1. The van der Waals surface area contributed by atoms with Gasteiger partial charge in [0.1, 0.15) is 0 Å². The van der Waals surface area contributed by atoms with Gasteiger partial charge in [-0.3, -0.25) is 0 Å². The molecule has 0 aliphatic carbocycles. The molecule has 0 saturated carbocycles. The van der Waals surface area contributed by atoms with Crippen molar-refractivity contribution in [1.29, 1.82) is 0 Å². The van der Waals surface area contributed by atoms with Gasteiger partial charge in [-0.2, -0.15) is 0 Å². The fraction of sp³-hybridized carbons (Fsp3) is 0.500. The van der Waals surface area contributed by atoms with Crippen LogP contribution < -0.4 is 15.2 Å². The third-order valence-electron chi connectivity index (χ3n) is 4.03. The van der Waals surface area contributed by atoms with Gasteiger partial charge >= 0.3 is 0 Å². The molecule has 4 heteroatoms. The normalized spacial score (nSPS) is 12.1. The lowest BCUT2D eigenvalue weighted by atomic mass is 9.97. The van der Waals surface area contributed by atoms with E-state index >= 15 is 0 Å². The van der Waals surface area contributed by atoms with Crippen LogP contribution in [0.3, 0.4) is 0 Å². The molecule has 1 aromatic heterocycles. The number of hydrogen-bond donors (Lipinski definition) is 1. The highest BCUT2D eigenvalue weighted by Crippen LogP contribution is 2.31. The molecule has 0 aliphatic rings. The van der Waals surface area contributed by atoms with Crippen molar-refractivity contribution in [2.24, 2.45) is 5.73 Å². The molecular weight excluding hydrogens is 318 g/mol. The largest absolute Gasteiger partial charge is 0.490 e. The minimum absolute atomic E-state index is 0.357. The Bertz CT molecular complexity index is 583. The van der Waals surface area contributed by atoms with Crippen LogP contribution in [-0.4, -0.2) is 19.8 Å². The Kier molecular flexibility index (Phi) is 8.13. The smallest absolute Gasteiger partial charge is 0.161 e. The van der Waals surface area contributed by atoms with Crippen LogP contribution in [0.4, 0.5) is 0 Å². The van der Waals surface area contributed by atoms with Crippen molar-refractivity contribution in [3.63, 3.8) is 0 Å². The van der Waals surface area contributed by atoms with Crippen molar-refractivity contribution in [2.75, 3.05) is 19.8 Å². The SMILES string of the molecule is CCCCCOc1ccc(CC(CN)c2cccs2)cc1OCC. The van der Waals surface area contributed by atoms with Gasteiger partial charge in [-0.25, -0.2) is 0 Å². The van der Waals surface area contributed by atoms with Crippen LogP contribution in [-0.2, 0) is 6.42 Å². The molecule has 0 saturated heterocycles. The van der Waals surface area contributed by atoms with E-state index in [1.165, 1.54) is 23.3 Å². The lowest BCUT2D eigenvalue weighted by Gasteiger charge is -2.16. The summed E-state index contributed by atoms with van der Waals surface area (Å²) >= 11 is 1.77. The minimum Gasteiger partial charge on any atom is -0.490 e. The zero-order chi connectivity index (χ0) is 17.2. The summed E-state index contributed by atoms with van der Waals surface area (Å²) < 4.78 is 11.7. The number of nitrogens with two attached hydrogens (primary N) is 1. The Morgan fingerprint density at radius 1 is 1.08 bits per heavy atom. The van der Waals surface area contributed by atoms with E-state index in [-0.39, 0.29) is 0 Å². The fourth-order valence-corrected chi connectivity index (χ4v) is 3.55. The van der Waals surface area contributed by atoms with Gasteiger partial charge in [-0.1, -0.05) is 31.9 Å². The molecule has 0 bridgehead atoms. The molecule has 24 heavy (non-hydrogen) atoms. The third-order valence-corrected chi connectivity index (χ3v) is 5.06. The van der Waals surface area contributed by atoms with E-state index in [4.69, 9.17) is 15.2 Å². The summed E-state index contributed by atoms with van der Waals surface area (Å²) in [7, 11) is 0. The van der Waals surface area contributed by atoms with E-state index in [9.17, 15) is 0 Å². The Labute approximate surface area is 149 Å². The molecule has 3 nitrogen and oxygen atoms in total. The Morgan fingerprint density at radius 3 is 2.62 bits per heavy atom. The summed E-state index contributed by atoms with van der Waals surface area (Å²) in [5, 5.41) is 2.11. The Hall–Kier alpha value is -1.52. The molecule has 2 aromatic rings. The van der Waals surface area contributed by atoms with Crippen LogP contribution in [0, 0.1) is 0 Å². The summed E-state index contributed by atoms with van der Waals surface area (Å²) in [5.74, 6) is 2.04. The topological polar surface area (TPSA) is 44.5 Å². The first-order chi connectivity index (χ1) is 11.8. The average molecular weight is 348 g/mol. The van der Waals surface area contributed by atoms with E-state index in [2.05, 4.69) is 36.6 Å². The van der Waals surface area contributed by atoms with Crippen molar-refractivity contribution >= 4 is 11.3 Å². The number of unbranched alkanes of at least 4 members (excludes halogenated alkanes) is 2. The van der Waals surface area contributed by atoms with E-state index in [1.54, 1.807) is 11.3 Å². The van der Waals surface area contributed by atoms with Gasteiger partial charge in [-0.15, -0.1) is 11.3 Å². The zero-order valence-electron chi connectivity index (χ0n) is 14.8. The summed E-state index contributed by atoms with van der Waals surface area (Å²) in [6.45, 7) is 6.23. The lowest BCUT2D eigenvalue weighted by Crippen LogP contribution is -2.14. The van der Waals surface area contributed by atoms with Crippen LogP contribution in [0.1, 0.15) is 49.5 Å². The molecule has 0 radical (unpaired) electrons. The fourth-order valence-electron chi connectivity index (χ4n) is 2.71. The summed E-state index contributed by atoms with van der Waals surface area (Å²) in [6, 6.07) is 10.5. The van der Waals surface area contributed by atoms with E-state index in [0.717, 1.165) is 30.9 Å². The monoisotopic (exact) mass is 347 g/mol. The van der Waals surface area contributed by atoms with Crippen molar-refractivity contribution in [1.82, 2.24) is 0 Å². The molecule has 2 N–H and O–H groups in total. The standard InChI is InChI=1S/C20H29NO2S/c1-3-5-6-11-23-18-10-9-16(14-19(18)22-4-2)13-17(15-21)20-8-7-12-24-20/h7-10,12,14,17H,3-6,11,13,15,21H2,1-2H3. The van der Waals surface area contributed by atoms with E-state index in [0.29, 0.717) is 19.1 Å². The van der Waals surface area contributed by atoms with Gasteiger partial charge in [-0.05, 0) is 48.9 Å². The zero-order valence-corrected chi connectivity index (χ0v) is 15.6. The molecular formula is C20H29NO2S. The molecule has 1 heterocycles. The van der Waals surface area contributed by atoms with Gasteiger partial charge in [0.25, 0.3) is 0 Å². The van der Waals surface area contributed by atoms with Crippen molar-refractivity contribution in [3.8, 4) is 11.5 Å². The maximum atomic E-state index is 5.98. The van der Waals surface area contributed by atoms with Gasteiger partial charge < -0.3 is 15.2 Å². The van der Waals surface area contributed by atoms with Crippen molar-refractivity contribution in [3.05, 3.63) is 46.2 Å². The maximum absolute atomic E-state index is 5.98. The number of ether oxygens (including phenoxy) is 2. The van der Waals surface area contributed by atoms with Crippen LogP contribution in [0.25, 0.3) is 0 Å². The first-order valence-electron chi connectivity index (χ1n) is 8.90. The van der Waals surface area contributed by atoms with Crippen LogP contribution in [0.5, 0.6) is 11.5 Å². The maximum Gasteiger partial charge on any atom is 0.161 e. The van der Waals surface area contributed by atoms with E-state index < -0.39 is 0 Å². The molecule has 132 valence electrons. The molecule has 0 spiro atoms. The van der Waals surface area contributed by atoms with Crippen molar-refractivity contribution in [2.45, 2.75) is 45.4 Å². The predicted molar refractivity (Wildman–Crippen MR) is 102 cm³/mol. The summed E-state index contributed by atoms with van der Waals surface area (Å²) in [5.41, 5.74) is 7.22. The second-order valence-electron chi connectivity index (χ2n) is 5.92. The second-order valence-corrected chi connectivity index (χ2v) is 6.90. The first-order valence-corrected chi connectivity index (χ1v) is 9.78. The minimum atomic E-state index is 0.357. The molecule has 1 unspecified atom stereocenters. The molecule has 0 aliphatic heterocycles. The Morgan fingerprint density at radius 2 is 1.96 bits per heavy atom. The van der Waals surface area contributed by atoms with Crippen LogP contribution in [0.2, 0.25) is 0 Å². The number of benzene rings is 1.